The van der Waals surface area contributed by atoms with Gasteiger partial charge in [0.1, 0.15) is 19.8 Å². The lowest BCUT2D eigenvalue weighted by atomic mass is 10.2. The molecule has 0 radical (unpaired) electrons. The van der Waals surface area contributed by atoms with Gasteiger partial charge in [0.2, 0.25) is 5.91 Å². The first kappa shape index (κ1) is 70.4. The molecule has 0 aromatic heterocycles. The normalized spacial score (nSPS) is 12.4. The molecule has 2 heterocycles. The summed E-state index contributed by atoms with van der Waals surface area (Å²) < 4.78 is 23.7. The van der Waals surface area contributed by atoms with Gasteiger partial charge in [-0.25, -0.2) is 19.2 Å². The van der Waals surface area contributed by atoms with Crippen LogP contribution in [-0.4, -0.2) is 102 Å². The second-order valence-corrected chi connectivity index (χ2v) is 26.9. The van der Waals surface area contributed by atoms with Crippen LogP contribution in [0.5, 0.6) is 5.75 Å². The van der Waals surface area contributed by atoms with Gasteiger partial charge in [0.25, 0.3) is 0 Å². The molecule has 0 unspecified atom stereocenters. The van der Waals surface area contributed by atoms with E-state index in [1.54, 1.807) is 51.6 Å². The van der Waals surface area contributed by atoms with Gasteiger partial charge in [0.15, 0.2) is 5.75 Å². The van der Waals surface area contributed by atoms with Crippen molar-refractivity contribution in [1.29, 1.82) is 0 Å². The van der Waals surface area contributed by atoms with E-state index in [9.17, 15) is 24.0 Å². The smallest absolute Gasteiger partial charge is 0.335 e. The molecule has 20 heteroatoms. The summed E-state index contributed by atoms with van der Waals surface area (Å²) in [6.45, 7) is 26.6. The molecular weight excluding hydrogens is 1300 g/mol. The van der Waals surface area contributed by atoms with Gasteiger partial charge in [-0.15, -0.1) is 58.8 Å². The van der Waals surface area contributed by atoms with E-state index in [1.807, 2.05) is 127 Å². The predicted octanol–water partition coefficient (Wildman–Crippen LogP) is 15.3. The van der Waals surface area contributed by atoms with Crippen molar-refractivity contribution in [2.45, 2.75) is 54.9 Å². The zero-order valence-electron chi connectivity index (χ0n) is 44.9. The Hall–Kier alpha value is -3.73. The van der Waals surface area contributed by atoms with Crippen LogP contribution < -0.4 is 15.0 Å². The van der Waals surface area contributed by atoms with E-state index < -0.39 is 5.97 Å². The molecule has 0 spiro atoms. The highest BCUT2D eigenvalue weighted by Gasteiger charge is 2.19. The van der Waals surface area contributed by atoms with Gasteiger partial charge in [0.05, 0.1) is 24.7 Å². The Labute approximate surface area is 512 Å². The highest BCUT2D eigenvalue weighted by molar-refractivity contribution is 9.11. The Morgan fingerprint density at radius 3 is 1.73 bits per heavy atom. The van der Waals surface area contributed by atoms with Gasteiger partial charge >= 0.3 is 23.9 Å². The van der Waals surface area contributed by atoms with E-state index >= 15 is 0 Å². The van der Waals surface area contributed by atoms with E-state index in [4.69, 9.17) is 18.9 Å². The van der Waals surface area contributed by atoms with Crippen LogP contribution in [0.2, 0.25) is 0 Å². The number of carbonyl (C=O) groups is 5. The lowest BCUT2D eigenvalue weighted by Crippen LogP contribution is -2.24. The van der Waals surface area contributed by atoms with Crippen LogP contribution in [0.1, 0.15) is 49.0 Å². The number of anilines is 1. The fourth-order valence-electron chi connectivity index (χ4n) is 5.66. The standard InChI is InChI=1S/C16H21NO2S2.C12H14O2S.C11H13NO.C10H16O2S3.C9H5Br3O2/c1-12(2)15(18)19-9-8-17(3)14-6-4-13(5-7-14)16-20-10-11-21-16;1-9(2)12(13)14-8-10-4-6-11(15-3)7-5-10;1-9(2)11(13)12-8-10-6-4-3-5-7-10;1-8(2)10(11)12-3-4-13-7-9-14-5-6-15-9;1-2-8(13)14-9-6(11)3-5(10)4-7(9)12/h4-7,16H,1,8-11H2,2-3H3;4-7H,1,8H2,2-3H3;3-7H,1,8H2,2H3,(H,12,13);9H,1,3-7H2,2H3;2-4H,1H2. The zero-order chi connectivity index (χ0) is 58.0. The summed E-state index contributed by atoms with van der Waals surface area (Å²) in [5.41, 5.74) is 6.48. The first-order valence-corrected chi connectivity index (χ1v) is 33.0. The number of amides is 1. The number of hydrogen-bond donors (Lipinski definition) is 1. The summed E-state index contributed by atoms with van der Waals surface area (Å²) >= 11 is 21.5. The van der Waals surface area contributed by atoms with Crippen molar-refractivity contribution in [2.75, 3.05) is 72.5 Å². The molecule has 1 N–H and O–H groups in total. The van der Waals surface area contributed by atoms with Gasteiger partial charge in [0, 0.05) is 91.5 Å². The van der Waals surface area contributed by atoms with Crippen molar-refractivity contribution in [3.8, 4) is 5.75 Å². The van der Waals surface area contributed by atoms with Gasteiger partial charge in [-0.05, 0) is 119 Å². The van der Waals surface area contributed by atoms with Crippen molar-refractivity contribution in [2.24, 2.45) is 0 Å². The van der Waals surface area contributed by atoms with E-state index in [-0.39, 0.29) is 23.8 Å². The second kappa shape index (κ2) is 40.4. The molecule has 2 fully saturated rings. The third-order valence-electron chi connectivity index (χ3n) is 9.88. The number of carbonyl (C=O) groups excluding carboxylic acids is 5. The molecule has 2 saturated heterocycles. The Bertz CT molecular complexity index is 2570. The van der Waals surface area contributed by atoms with Gasteiger partial charge in [-0.2, -0.15) is 11.8 Å². The maximum Gasteiger partial charge on any atom is 0.335 e. The maximum atomic E-state index is 11.3. The van der Waals surface area contributed by atoms with Crippen LogP contribution in [0.3, 0.4) is 0 Å². The number of likely N-dealkylation sites (N-methyl/N-ethyl adjacent to an activating group) is 1. The molecule has 0 atom stereocenters. The molecule has 2 aliphatic rings. The highest BCUT2D eigenvalue weighted by atomic mass is 79.9. The van der Waals surface area contributed by atoms with Gasteiger partial charge in [-0.3, -0.25) is 4.79 Å². The lowest BCUT2D eigenvalue weighted by Gasteiger charge is -2.20. The van der Waals surface area contributed by atoms with Crippen LogP contribution in [0.15, 0.2) is 171 Å². The monoisotopic (exact) mass is 1370 g/mol. The maximum absolute atomic E-state index is 11.3. The summed E-state index contributed by atoms with van der Waals surface area (Å²) in [7, 11) is 2.00. The molecule has 0 aliphatic carbocycles. The molecule has 78 heavy (non-hydrogen) atoms. The molecule has 4 aromatic rings. The quantitative estimate of drug-likeness (QED) is 0.0211. The van der Waals surface area contributed by atoms with Crippen LogP contribution in [0.25, 0.3) is 0 Å². The number of benzene rings is 4. The van der Waals surface area contributed by atoms with E-state index in [0.29, 0.717) is 74.5 Å². The fraction of sp³-hybridized carbons (Fsp3) is 0.328. The average molecular weight is 1370 g/mol. The Morgan fingerprint density at radius 2 is 1.22 bits per heavy atom. The largest absolute Gasteiger partial charge is 0.461 e. The number of nitrogens with zero attached hydrogens (tertiary/aromatic N) is 1. The van der Waals surface area contributed by atoms with Crippen molar-refractivity contribution in [3.63, 3.8) is 0 Å². The molecule has 4 aromatic carbocycles. The number of halogens is 3. The molecule has 1 amide bonds. The van der Waals surface area contributed by atoms with Crippen LogP contribution in [0, 0.1) is 0 Å². The van der Waals surface area contributed by atoms with Crippen LogP contribution >= 0.6 is 118 Å². The number of nitrogens with one attached hydrogen (secondary N) is 1. The first-order chi connectivity index (χ1) is 37.1. The molecule has 0 bridgehead atoms. The molecular formula is C58H69Br3N2O9S6. The Morgan fingerprint density at radius 1 is 0.692 bits per heavy atom. The predicted molar refractivity (Wildman–Crippen MR) is 346 cm³/mol. The third-order valence-corrected chi connectivity index (χ3v) is 19.8. The number of hydrogen-bond acceptors (Lipinski definition) is 16. The lowest BCUT2D eigenvalue weighted by molar-refractivity contribution is -0.140. The molecule has 422 valence electrons. The van der Waals surface area contributed by atoms with E-state index in [2.05, 4.69) is 115 Å². The zero-order valence-corrected chi connectivity index (χ0v) is 54.6. The van der Waals surface area contributed by atoms with Crippen molar-refractivity contribution in [1.82, 2.24) is 5.32 Å². The van der Waals surface area contributed by atoms with Gasteiger partial charge in [-0.1, -0.05) is 103 Å². The van der Waals surface area contributed by atoms with Crippen LogP contribution in [-0.2, 0) is 51.3 Å². The minimum atomic E-state index is -0.492. The molecule has 2 aliphatic heterocycles. The number of esters is 4. The number of ether oxygens (including phenoxy) is 4. The minimum Gasteiger partial charge on any atom is -0.461 e. The SMILES string of the molecule is C=C(C)C(=O)NCc1ccccc1.C=C(C)C(=O)OCCN(C)c1ccc(C2SCCS2)cc1.C=C(C)C(=O)OCCSCC1SCCS1.C=C(C)C(=O)OCc1ccc(SC)cc1.C=CC(=O)Oc1c(Br)cc(Br)cc1Br. The van der Waals surface area contributed by atoms with Gasteiger partial charge < -0.3 is 29.2 Å². The average Bonchev–Trinajstić information content (AvgIpc) is 4.18. The molecule has 0 saturated carbocycles. The Kier molecular flexibility index (Phi) is 36.5. The van der Waals surface area contributed by atoms with Crippen LogP contribution in [0.4, 0.5) is 5.69 Å². The fourth-order valence-corrected chi connectivity index (χ4v) is 15.5. The van der Waals surface area contributed by atoms with Crippen molar-refractivity contribution in [3.05, 3.63) is 182 Å². The topological polar surface area (TPSA) is 138 Å². The second-order valence-electron chi connectivity index (χ2n) is 16.6. The highest BCUT2D eigenvalue weighted by Crippen LogP contribution is 2.45. The number of rotatable bonds is 21. The van der Waals surface area contributed by atoms with Crippen molar-refractivity contribution >= 4 is 154 Å². The van der Waals surface area contributed by atoms with E-state index in [0.717, 1.165) is 43.5 Å². The number of thioether (sulfide) groups is 6. The molecule has 6 rings (SSSR count). The van der Waals surface area contributed by atoms with E-state index in [1.165, 1.54) is 33.5 Å². The van der Waals surface area contributed by atoms with Crippen molar-refractivity contribution < 1.29 is 42.9 Å². The third kappa shape index (κ3) is 30.2. The first-order valence-electron chi connectivity index (χ1n) is 24.1. The molecule has 11 nitrogen and oxygen atoms in total. The minimum absolute atomic E-state index is 0.0937. The summed E-state index contributed by atoms with van der Waals surface area (Å²) in [5, 5.41) is 2.76. The summed E-state index contributed by atoms with van der Waals surface area (Å²) in [6.07, 6.45) is 3.14. The summed E-state index contributed by atoms with van der Waals surface area (Å²) in [5.74, 6) is 5.99. The summed E-state index contributed by atoms with van der Waals surface area (Å²) in [6, 6.07) is 29.9. The summed E-state index contributed by atoms with van der Waals surface area (Å²) in [4.78, 5) is 58.8. The Balaban J connectivity index is 0.000000337.